The standard InChI is InChI=1S/C31H43F3O2/c1-20(6-5-17-36-24-8-4-7-22(19-24)31(32,33)34)26-11-12-27-25-10-9-21-18-23(35)13-15-29(21,2)28(25)14-16-30(26,27)3/h4,7-9,19-20,23,25-28,35H,5-6,10-18H2,1-3H3/t20-,23+,25?,26-,27?,28?,29+,30-/m1/s1. The first-order valence-electron chi connectivity index (χ1n) is 14.2. The molecule has 36 heavy (non-hydrogen) atoms. The molecule has 1 aromatic rings. The van der Waals surface area contributed by atoms with Crippen LogP contribution in [0.4, 0.5) is 13.2 Å². The Kier molecular flexibility index (Phi) is 7.02. The largest absolute Gasteiger partial charge is 0.494 e. The molecule has 0 saturated heterocycles. The molecule has 200 valence electrons. The molecule has 4 aliphatic rings. The fourth-order valence-corrected chi connectivity index (χ4v) is 9.18. The third-order valence-corrected chi connectivity index (χ3v) is 11.1. The Morgan fingerprint density at radius 2 is 1.89 bits per heavy atom. The number of aliphatic hydroxyl groups excluding tert-OH is 1. The summed E-state index contributed by atoms with van der Waals surface area (Å²) in [4.78, 5) is 0. The van der Waals surface area contributed by atoms with Crippen LogP contribution in [0.3, 0.4) is 0 Å². The normalized spacial score (nSPS) is 39.0. The average molecular weight is 505 g/mol. The van der Waals surface area contributed by atoms with Crippen molar-refractivity contribution in [3.8, 4) is 5.75 Å². The molecule has 2 nitrogen and oxygen atoms in total. The maximum absolute atomic E-state index is 13.0. The van der Waals surface area contributed by atoms with E-state index in [4.69, 9.17) is 4.74 Å². The topological polar surface area (TPSA) is 29.5 Å². The highest BCUT2D eigenvalue weighted by Crippen LogP contribution is 2.67. The summed E-state index contributed by atoms with van der Waals surface area (Å²) < 4.78 is 44.6. The maximum atomic E-state index is 13.0. The highest BCUT2D eigenvalue weighted by Gasteiger charge is 2.59. The van der Waals surface area contributed by atoms with Crippen molar-refractivity contribution in [3.05, 3.63) is 41.5 Å². The molecule has 5 rings (SSSR count). The maximum Gasteiger partial charge on any atom is 0.416 e. The molecule has 0 heterocycles. The van der Waals surface area contributed by atoms with Crippen LogP contribution in [0, 0.1) is 40.4 Å². The zero-order valence-corrected chi connectivity index (χ0v) is 22.1. The summed E-state index contributed by atoms with van der Waals surface area (Å²) in [5.74, 6) is 3.93. The minimum absolute atomic E-state index is 0.149. The van der Waals surface area contributed by atoms with Crippen molar-refractivity contribution in [1.29, 1.82) is 0 Å². The van der Waals surface area contributed by atoms with E-state index >= 15 is 0 Å². The van der Waals surface area contributed by atoms with Gasteiger partial charge in [-0.15, -0.1) is 0 Å². The SMILES string of the molecule is C[C@H](CCCOc1cccc(C(F)(F)F)c1)[C@H]1CCC2C3CC=C4C[C@@H](O)CC[C@]4(C)C3CC[C@@]21C. The van der Waals surface area contributed by atoms with Crippen LogP contribution in [0.2, 0.25) is 0 Å². The number of fused-ring (bicyclic) bond motifs is 5. The first-order chi connectivity index (χ1) is 17.0. The summed E-state index contributed by atoms with van der Waals surface area (Å²) >= 11 is 0. The predicted octanol–water partition coefficient (Wildman–Crippen LogP) is 8.44. The third kappa shape index (κ3) is 4.63. The van der Waals surface area contributed by atoms with Crippen LogP contribution in [0.5, 0.6) is 5.75 Å². The van der Waals surface area contributed by atoms with E-state index in [2.05, 4.69) is 26.8 Å². The van der Waals surface area contributed by atoms with Gasteiger partial charge in [0.05, 0.1) is 18.3 Å². The number of alkyl halides is 3. The van der Waals surface area contributed by atoms with Crippen LogP contribution in [-0.4, -0.2) is 17.8 Å². The summed E-state index contributed by atoms with van der Waals surface area (Å²) in [6.07, 6.45) is 9.33. The number of allylic oxidation sites excluding steroid dienone is 1. The summed E-state index contributed by atoms with van der Waals surface area (Å²) in [5.41, 5.74) is 1.55. The molecule has 3 unspecified atom stereocenters. The molecule has 0 radical (unpaired) electrons. The Balaban J connectivity index is 1.18. The fraction of sp³-hybridized carbons (Fsp3) is 0.742. The minimum atomic E-state index is -4.34. The van der Waals surface area contributed by atoms with Gasteiger partial charge in [0.15, 0.2) is 0 Å². The molecule has 0 amide bonds. The van der Waals surface area contributed by atoms with Crippen LogP contribution < -0.4 is 4.74 Å². The molecule has 4 aliphatic carbocycles. The molecule has 0 bridgehead atoms. The van der Waals surface area contributed by atoms with Crippen LogP contribution in [0.1, 0.15) is 90.5 Å². The van der Waals surface area contributed by atoms with Crippen molar-refractivity contribution in [1.82, 2.24) is 0 Å². The zero-order valence-electron chi connectivity index (χ0n) is 22.1. The highest BCUT2D eigenvalue weighted by molar-refractivity contribution is 5.30. The molecular weight excluding hydrogens is 461 g/mol. The van der Waals surface area contributed by atoms with Gasteiger partial charge in [-0.3, -0.25) is 0 Å². The molecule has 1 N–H and O–H groups in total. The van der Waals surface area contributed by atoms with Gasteiger partial charge in [-0.1, -0.05) is 38.5 Å². The molecule has 5 heteroatoms. The van der Waals surface area contributed by atoms with E-state index in [1.165, 1.54) is 43.7 Å². The van der Waals surface area contributed by atoms with Gasteiger partial charge in [0.25, 0.3) is 0 Å². The van der Waals surface area contributed by atoms with E-state index in [0.717, 1.165) is 62.0 Å². The van der Waals surface area contributed by atoms with E-state index in [-0.39, 0.29) is 11.5 Å². The Hall–Kier alpha value is -1.49. The van der Waals surface area contributed by atoms with Crippen LogP contribution >= 0.6 is 0 Å². The van der Waals surface area contributed by atoms with Crippen molar-refractivity contribution in [2.75, 3.05) is 6.61 Å². The monoisotopic (exact) mass is 504 g/mol. The molecular formula is C31H43F3O2. The second-order valence-electron chi connectivity index (χ2n) is 12.9. The van der Waals surface area contributed by atoms with E-state index in [1.54, 1.807) is 6.07 Å². The zero-order chi connectivity index (χ0) is 25.7. The first-order valence-corrected chi connectivity index (χ1v) is 14.2. The number of halogens is 3. The number of hydrogen-bond donors (Lipinski definition) is 1. The lowest BCUT2D eigenvalue weighted by molar-refractivity contribution is -0.137. The second kappa shape index (κ2) is 9.67. The Labute approximate surface area is 214 Å². The molecule has 0 aromatic heterocycles. The fourth-order valence-electron chi connectivity index (χ4n) is 9.18. The molecule has 0 spiro atoms. The number of rotatable bonds is 6. The van der Waals surface area contributed by atoms with Crippen LogP contribution in [0.15, 0.2) is 35.9 Å². The summed E-state index contributed by atoms with van der Waals surface area (Å²) in [5, 5.41) is 10.2. The van der Waals surface area contributed by atoms with Crippen molar-refractivity contribution >= 4 is 0 Å². The first kappa shape index (κ1) is 26.1. The molecule has 3 fully saturated rings. The van der Waals surface area contributed by atoms with E-state index in [9.17, 15) is 18.3 Å². The van der Waals surface area contributed by atoms with Crippen LogP contribution in [-0.2, 0) is 6.18 Å². The van der Waals surface area contributed by atoms with Gasteiger partial charge in [0, 0.05) is 0 Å². The Morgan fingerprint density at radius 3 is 2.67 bits per heavy atom. The quantitative estimate of drug-likeness (QED) is 0.311. The molecule has 8 atom stereocenters. The van der Waals surface area contributed by atoms with E-state index < -0.39 is 11.7 Å². The van der Waals surface area contributed by atoms with Gasteiger partial charge < -0.3 is 9.84 Å². The van der Waals surface area contributed by atoms with Gasteiger partial charge in [0.2, 0.25) is 0 Å². The van der Waals surface area contributed by atoms with Crippen molar-refractivity contribution < 1.29 is 23.0 Å². The number of benzene rings is 1. The Bertz CT molecular complexity index is 971. The van der Waals surface area contributed by atoms with Crippen molar-refractivity contribution in [3.63, 3.8) is 0 Å². The smallest absolute Gasteiger partial charge is 0.416 e. The van der Waals surface area contributed by atoms with Gasteiger partial charge in [-0.25, -0.2) is 0 Å². The van der Waals surface area contributed by atoms with Crippen molar-refractivity contribution in [2.45, 2.75) is 97.3 Å². The molecule has 1 aromatic carbocycles. The van der Waals surface area contributed by atoms with Gasteiger partial charge >= 0.3 is 6.18 Å². The Morgan fingerprint density at radius 1 is 1.08 bits per heavy atom. The summed E-state index contributed by atoms with van der Waals surface area (Å²) in [7, 11) is 0. The lowest BCUT2D eigenvalue weighted by atomic mass is 9.47. The van der Waals surface area contributed by atoms with Gasteiger partial charge in [0.1, 0.15) is 5.75 Å². The third-order valence-electron chi connectivity index (χ3n) is 11.1. The minimum Gasteiger partial charge on any atom is -0.494 e. The van der Waals surface area contributed by atoms with Gasteiger partial charge in [-0.2, -0.15) is 13.2 Å². The van der Waals surface area contributed by atoms with Crippen molar-refractivity contribution in [2.24, 2.45) is 40.4 Å². The second-order valence-corrected chi connectivity index (χ2v) is 12.9. The molecule has 0 aliphatic heterocycles. The lowest BCUT2D eigenvalue weighted by Crippen LogP contribution is -2.50. The molecule has 3 saturated carbocycles. The summed E-state index contributed by atoms with van der Waals surface area (Å²) in [6.45, 7) is 7.90. The predicted molar refractivity (Wildman–Crippen MR) is 137 cm³/mol. The number of hydrogen-bond acceptors (Lipinski definition) is 2. The summed E-state index contributed by atoms with van der Waals surface area (Å²) in [6, 6.07) is 5.21. The highest BCUT2D eigenvalue weighted by atomic mass is 19.4. The van der Waals surface area contributed by atoms with E-state index in [0.29, 0.717) is 29.6 Å². The number of ether oxygens (including phenoxy) is 1. The van der Waals surface area contributed by atoms with Crippen LogP contribution in [0.25, 0.3) is 0 Å². The van der Waals surface area contributed by atoms with Gasteiger partial charge in [-0.05, 0) is 123 Å². The average Bonchev–Trinajstić information content (AvgIpc) is 3.19. The number of aliphatic hydroxyl groups is 1. The lowest BCUT2D eigenvalue weighted by Gasteiger charge is -2.58. The van der Waals surface area contributed by atoms with E-state index in [1.807, 2.05) is 0 Å².